The summed E-state index contributed by atoms with van der Waals surface area (Å²) in [6, 6.07) is 12.5. The number of nitrogens with one attached hydrogen (secondary N) is 1. The lowest BCUT2D eigenvalue weighted by Crippen LogP contribution is -1.99. The molecule has 0 radical (unpaired) electrons. The molecule has 0 atom stereocenters. The van der Waals surface area contributed by atoms with E-state index in [0.717, 1.165) is 15.7 Å². The molecule has 0 aliphatic heterocycles. The van der Waals surface area contributed by atoms with Crippen LogP contribution in [-0.4, -0.2) is 4.92 Å². The highest BCUT2D eigenvalue weighted by Gasteiger charge is 2.11. The van der Waals surface area contributed by atoms with Crippen molar-refractivity contribution in [2.45, 2.75) is 6.54 Å². The quantitative estimate of drug-likeness (QED) is 0.652. The van der Waals surface area contributed by atoms with E-state index in [1.807, 2.05) is 24.3 Å². The number of hydrogen-bond donors (Lipinski definition) is 1. The van der Waals surface area contributed by atoms with Gasteiger partial charge in [0.1, 0.15) is 5.02 Å². The maximum absolute atomic E-state index is 10.6. The SMILES string of the molecule is O=[N+]([O-])c1ccc(NCc2ccc(Br)cc2)cc1Cl. The number of benzene rings is 2. The lowest BCUT2D eigenvalue weighted by Gasteiger charge is -2.07. The minimum absolute atomic E-state index is 0.0872. The Hall–Kier alpha value is -1.59. The maximum Gasteiger partial charge on any atom is 0.288 e. The molecule has 0 aliphatic carbocycles. The van der Waals surface area contributed by atoms with Crippen molar-refractivity contribution in [2.24, 2.45) is 0 Å². The smallest absolute Gasteiger partial charge is 0.288 e. The molecule has 0 aromatic heterocycles. The zero-order chi connectivity index (χ0) is 13.8. The van der Waals surface area contributed by atoms with Crippen LogP contribution in [0.25, 0.3) is 0 Å². The highest BCUT2D eigenvalue weighted by Crippen LogP contribution is 2.27. The van der Waals surface area contributed by atoms with Crippen LogP contribution in [0.3, 0.4) is 0 Å². The summed E-state index contributed by atoms with van der Waals surface area (Å²) in [4.78, 5) is 10.1. The van der Waals surface area contributed by atoms with E-state index < -0.39 is 4.92 Å². The standard InChI is InChI=1S/C13H10BrClN2O2/c14-10-3-1-9(2-4-10)8-16-11-5-6-13(17(18)19)12(15)7-11/h1-7,16H,8H2. The summed E-state index contributed by atoms with van der Waals surface area (Å²) in [7, 11) is 0. The fourth-order valence-corrected chi connectivity index (χ4v) is 2.09. The molecule has 0 saturated carbocycles. The predicted octanol–water partition coefficient (Wildman–Crippen LogP) is 4.62. The number of rotatable bonds is 4. The predicted molar refractivity (Wildman–Crippen MR) is 79.6 cm³/mol. The van der Waals surface area contributed by atoms with Crippen molar-refractivity contribution in [3.05, 3.63) is 67.6 Å². The highest BCUT2D eigenvalue weighted by atomic mass is 79.9. The number of nitro groups is 1. The van der Waals surface area contributed by atoms with Gasteiger partial charge in [-0.3, -0.25) is 10.1 Å². The average Bonchev–Trinajstić information content (AvgIpc) is 2.37. The molecule has 19 heavy (non-hydrogen) atoms. The molecule has 0 unspecified atom stereocenters. The first-order valence-electron chi connectivity index (χ1n) is 5.48. The second kappa shape index (κ2) is 6.04. The van der Waals surface area contributed by atoms with Crippen LogP contribution in [-0.2, 0) is 6.54 Å². The van der Waals surface area contributed by atoms with Gasteiger partial charge in [0.2, 0.25) is 0 Å². The first-order valence-corrected chi connectivity index (χ1v) is 6.65. The van der Waals surface area contributed by atoms with Crippen molar-refractivity contribution in [1.82, 2.24) is 0 Å². The van der Waals surface area contributed by atoms with Gasteiger partial charge in [-0.1, -0.05) is 39.7 Å². The second-order valence-electron chi connectivity index (χ2n) is 3.90. The van der Waals surface area contributed by atoms with Crippen LogP contribution in [0.5, 0.6) is 0 Å². The molecule has 1 N–H and O–H groups in total. The second-order valence-corrected chi connectivity index (χ2v) is 5.23. The van der Waals surface area contributed by atoms with E-state index in [0.29, 0.717) is 6.54 Å². The Morgan fingerprint density at radius 2 is 1.89 bits per heavy atom. The largest absolute Gasteiger partial charge is 0.381 e. The third kappa shape index (κ3) is 3.68. The minimum atomic E-state index is -0.499. The molecule has 98 valence electrons. The zero-order valence-corrected chi connectivity index (χ0v) is 12.1. The molecule has 0 saturated heterocycles. The third-order valence-electron chi connectivity index (χ3n) is 2.55. The van der Waals surface area contributed by atoms with Crippen LogP contribution in [0.4, 0.5) is 11.4 Å². The van der Waals surface area contributed by atoms with Crippen LogP contribution >= 0.6 is 27.5 Å². The third-order valence-corrected chi connectivity index (χ3v) is 3.39. The van der Waals surface area contributed by atoms with E-state index in [-0.39, 0.29) is 10.7 Å². The fourth-order valence-electron chi connectivity index (χ4n) is 1.57. The van der Waals surface area contributed by atoms with Crippen molar-refractivity contribution in [3.8, 4) is 0 Å². The van der Waals surface area contributed by atoms with Gasteiger partial charge in [-0.15, -0.1) is 0 Å². The van der Waals surface area contributed by atoms with Gasteiger partial charge in [0.25, 0.3) is 5.69 Å². The van der Waals surface area contributed by atoms with Gasteiger partial charge in [0.15, 0.2) is 0 Å². The Labute approximate surface area is 123 Å². The fraction of sp³-hybridized carbons (Fsp3) is 0.0769. The average molecular weight is 342 g/mol. The van der Waals surface area contributed by atoms with Crippen LogP contribution in [0, 0.1) is 10.1 Å². The van der Waals surface area contributed by atoms with Gasteiger partial charge in [-0.05, 0) is 29.8 Å². The van der Waals surface area contributed by atoms with Crippen LogP contribution in [0.1, 0.15) is 5.56 Å². The summed E-state index contributed by atoms with van der Waals surface area (Å²) < 4.78 is 1.02. The lowest BCUT2D eigenvalue weighted by atomic mass is 10.2. The molecule has 0 spiro atoms. The summed E-state index contributed by atoms with van der Waals surface area (Å²) in [6.07, 6.45) is 0. The molecule has 2 aromatic rings. The van der Waals surface area contributed by atoms with Gasteiger partial charge in [-0.2, -0.15) is 0 Å². The van der Waals surface area contributed by atoms with Crippen molar-refractivity contribution in [2.75, 3.05) is 5.32 Å². The number of anilines is 1. The van der Waals surface area contributed by atoms with E-state index >= 15 is 0 Å². The Morgan fingerprint density at radius 3 is 2.47 bits per heavy atom. The lowest BCUT2D eigenvalue weighted by molar-refractivity contribution is -0.384. The van der Waals surface area contributed by atoms with Crippen molar-refractivity contribution >= 4 is 38.9 Å². The first-order chi connectivity index (χ1) is 9.06. The number of halogens is 2. The van der Waals surface area contributed by atoms with Gasteiger partial charge in [-0.25, -0.2) is 0 Å². The summed E-state index contributed by atoms with van der Waals surface area (Å²) >= 11 is 9.21. The first kappa shape index (κ1) is 13.8. The van der Waals surface area contributed by atoms with Gasteiger partial charge < -0.3 is 5.32 Å². The minimum Gasteiger partial charge on any atom is -0.381 e. The summed E-state index contributed by atoms with van der Waals surface area (Å²) in [5.74, 6) is 0. The van der Waals surface area contributed by atoms with Crippen molar-refractivity contribution in [1.29, 1.82) is 0 Å². The summed E-state index contributed by atoms with van der Waals surface area (Å²) in [5, 5.41) is 13.9. The molecule has 0 amide bonds. The van der Waals surface area contributed by atoms with E-state index in [9.17, 15) is 10.1 Å². The maximum atomic E-state index is 10.6. The molecule has 6 heteroatoms. The number of nitrogens with zero attached hydrogens (tertiary/aromatic N) is 1. The molecule has 2 rings (SSSR count). The van der Waals surface area contributed by atoms with Crippen molar-refractivity contribution < 1.29 is 4.92 Å². The van der Waals surface area contributed by atoms with Crippen LogP contribution in [0.2, 0.25) is 5.02 Å². The molecule has 0 heterocycles. The molecular formula is C13H10BrClN2O2. The Kier molecular flexibility index (Phi) is 4.39. The number of nitro benzene ring substituents is 1. The highest BCUT2D eigenvalue weighted by molar-refractivity contribution is 9.10. The van der Waals surface area contributed by atoms with Crippen LogP contribution < -0.4 is 5.32 Å². The Morgan fingerprint density at radius 1 is 1.21 bits per heavy atom. The van der Waals surface area contributed by atoms with E-state index in [4.69, 9.17) is 11.6 Å². The monoisotopic (exact) mass is 340 g/mol. The Bertz CT molecular complexity index is 602. The van der Waals surface area contributed by atoms with Gasteiger partial charge in [0, 0.05) is 22.8 Å². The molecule has 4 nitrogen and oxygen atoms in total. The van der Waals surface area contributed by atoms with E-state index in [1.54, 1.807) is 12.1 Å². The van der Waals surface area contributed by atoms with Crippen molar-refractivity contribution in [3.63, 3.8) is 0 Å². The normalized spacial score (nSPS) is 10.2. The Balaban J connectivity index is 2.06. The van der Waals surface area contributed by atoms with Crippen LogP contribution in [0.15, 0.2) is 46.9 Å². The molecule has 0 fully saturated rings. The molecule has 2 aromatic carbocycles. The summed E-state index contributed by atoms with van der Waals surface area (Å²) in [6.45, 7) is 0.626. The topological polar surface area (TPSA) is 55.2 Å². The summed E-state index contributed by atoms with van der Waals surface area (Å²) in [5.41, 5.74) is 1.77. The molecule has 0 aliphatic rings. The number of hydrogen-bond acceptors (Lipinski definition) is 3. The molecule has 0 bridgehead atoms. The van der Waals surface area contributed by atoms with E-state index in [1.165, 1.54) is 6.07 Å². The van der Waals surface area contributed by atoms with E-state index in [2.05, 4.69) is 21.2 Å². The molecular weight excluding hydrogens is 332 g/mol. The van der Waals surface area contributed by atoms with Gasteiger partial charge in [0.05, 0.1) is 4.92 Å². The van der Waals surface area contributed by atoms with Gasteiger partial charge >= 0.3 is 0 Å². The zero-order valence-electron chi connectivity index (χ0n) is 9.77.